The van der Waals surface area contributed by atoms with Crippen LogP contribution in [0.3, 0.4) is 0 Å². The number of benzene rings is 1. The third kappa shape index (κ3) is 1.49. The van der Waals surface area contributed by atoms with E-state index in [4.69, 9.17) is 0 Å². The number of aliphatic hydroxyl groups is 1. The molecule has 17 heavy (non-hydrogen) atoms. The van der Waals surface area contributed by atoms with Gasteiger partial charge in [0.25, 0.3) is 0 Å². The molecule has 0 amide bonds. The van der Waals surface area contributed by atoms with E-state index >= 15 is 0 Å². The van der Waals surface area contributed by atoms with Gasteiger partial charge in [-0.05, 0) is 37.0 Å². The minimum Gasteiger partial charge on any atom is -0.390 e. The Morgan fingerprint density at radius 1 is 1.35 bits per heavy atom. The summed E-state index contributed by atoms with van der Waals surface area (Å²) >= 11 is 0. The van der Waals surface area contributed by atoms with E-state index in [-0.39, 0.29) is 0 Å². The van der Waals surface area contributed by atoms with E-state index in [9.17, 15) is 5.11 Å². The van der Waals surface area contributed by atoms with Gasteiger partial charge in [-0.15, -0.1) is 0 Å². The van der Waals surface area contributed by atoms with Crippen LogP contribution in [0.4, 0.5) is 0 Å². The van der Waals surface area contributed by atoms with Crippen LogP contribution < -0.4 is 0 Å². The molecule has 0 unspecified atom stereocenters. The van der Waals surface area contributed by atoms with Gasteiger partial charge >= 0.3 is 0 Å². The van der Waals surface area contributed by atoms with Gasteiger partial charge in [0.15, 0.2) is 0 Å². The summed E-state index contributed by atoms with van der Waals surface area (Å²) in [5.41, 5.74) is 3.19. The van der Waals surface area contributed by atoms with E-state index in [1.54, 1.807) is 0 Å². The maximum absolute atomic E-state index is 9.98. The smallest absolute Gasteiger partial charge is 0.109 e. The summed E-state index contributed by atoms with van der Waals surface area (Å²) in [6.45, 7) is 1.10. The lowest BCUT2D eigenvalue weighted by atomic mass is 10.1. The number of nitrogens with zero attached hydrogens (tertiary/aromatic N) is 2. The van der Waals surface area contributed by atoms with Gasteiger partial charge in [-0.2, -0.15) is 0 Å². The van der Waals surface area contributed by atoms with E-state index in [0.29, 0.717) is 0 Å². The summed E-state index contributed by atoms with van der Waals surface area (Å²) in [7, 11) is 0. The maximum Gasteiger partial charge on any atom is 0.109 e. The Morgan fingerprint density at radius 3 is 3.06 bits per heavy atom. The SMILES string of the molecule is OC1(Cc2ccc3nc4n(c3c2)CCC4)CC1. The molecule has 2 heterocycles. The molecule has 0 atom stereocenters. The first kappa shape index (κ1) is 9.66. The highest BCUT2D eigenvalue weighted by molar-refractivity contribution is 5.77. The van der Waals surface area contributed by atoms with Gasteiger partial charge < -0.3 is 9.67 Å². The highest BCUT2D eigenvalue weighted by Gasteiger charge is 2.40. The van der Waals surface area contributed by atoms with Crippen LogP contribution >= 0.6 is 0 Å². The lowest BCUT2D eigenvalue weighted by Gasteiger charge is -2.08. The third-order valence-electron chi connectivity index (χ3n) is 4.03. The van der Waals surface area contributed by atoms with E-state index in [1.807, 2.05) is 0 Å². The van der Waals surface area contributed by atoms with Gasteiger partial charge in [0.1, 0.15) is 5.82 Å². The number of hydrogen-bond acceptors (Lipinski definition) is 2. The number of fused-ring (bicyclic) bond motifs is 3. The van der Waals surface area contributed by atoms with Crippen molar-refractivity contribution in [3.8, 4) is 0 Å². The molecule has 0 spiro atoms. The molecule has 0 radical (unpaired) electrons. The molecule has 1 aromatic carbocycles. The predicted molar refractivity (Wildman–Crippen MR) is 65.9 cm³/mol. The van der Waals surface area contributed by atoms with Crippen LogP contribution in [0.5, 0.6) is 0 Å². The Balaban J connectivity index is 1.80. The molecular formula is C14H16N2O. The highest BCUT2D eigenvalue weighted by Crippen LogP contribution is 2.38. The normalized spacial score (nSPS) is 20.8. The number of aryl methyl sites for hydroxylation is 2. The molecule has 88 valence electrons. The zero-order valence-electron chi connectivity index (χ0n) is 9.82. The van der Waals surface area contributed by atoms with Crippen LogP contribution in [0.2, 0.25) is 0 Å². The second-order valence-corrected chi connectivity index (χ2v) is 5.51. The topological polar surface area (TPSA) is 38.1 Å². The fraction of sp³-hybridized carbons (Fsp3) is 0.500. The van der Waals surface area contributed by atoms with Crippen LogP contribution in [-0.2, 0) is 19.4 Å². The van der Waals surface area contributed by atoms with Crippen molar-refractivity contribution in [2.45, 2.75) is 44.2 Å². The quantitative estimate of drug-likeness (QED) is 0.854. The summed E-state index contributed by atoms with van der Waals surface area (Å²) in [4.78, 5) is 4.65. The molecule has 3 nitrogen and oxygen atoms in total. The Bertz CT molecular complexity index is 596. The fourth-order valence-electron chi connectivity index (χ4n) is 2.86. The predicted octanol–water partition coefficient (Wildman–Crippen LogP) is 2.05. The molecule has 4 rings (SSSR count). The van der Waals surface area contributed by atoms with Crippen molar-refractivity contribution in [1.29, 1.82) is 0 Å². The molecule has 1 aromatic heterocycles. The molecule has 0 saturated heterocycles. The van der Waals surface area contributed by atoms with E-state index in [2.05, 4.69) is 27.8 Å². The Labute approximate surface area is 100 Å². The lowest BCUT2D eigenvalue weighted by molar-refractivity contribution is 0.151. The van der Waals surface area contributed by atoms with Gasteiger partial charge in [-0.1, -0.05) is 6.07 Å². The summed E-state index contributed by atoms with van der Waals surface area (Å²) in [5, 5.41) is 9.98. The van der Waals surface area contributed by atoms with Gasteiger partial charge in [-0.3, -0.25) is 0 Å². The van der Waals surface area contributed by atoms with Crippen molar-refractivity contribution in [3.05, 3.63) is 29.6 Å². The second kappa shape index (κ2) is 3.10. The zero-order valence-corrected chi connectivity index (χ0v) is 9.82. The maximum atomic E-state index is 9.98. The summed E-state index contributed by atoms with van der Waals surface area (Å²) in [5.74, 6) is 1.22. The van der Waals surface area contributed by atoms with Crippen LogP contribution in [0.25, 0.3) is 11.0 Å². The summed E-state index contributed by atoms with van der Waals surface area (Å²) < 4.78 is 2.33. The molecule has 1 fully saturated rings. The zero-order chi connectivity index (χ0) is 11.5. The summed E-state index contributed by atoms with van der Waals surface area (Å²) in [6, 6.07) is 6.43. The summed E-state index contributed by atoms with van der Waals surface area (Å²) in [6.07, 6.45) is 5.02. The first-order valence-corrected chi connectivity index (χ1v) is 6.44. The molecule has 1 aliphatic heterocycles. The van der Waals surface area contributed by atoms with Crippen LogP contribution in [0, 0.1) is 0 Å². The molecular weight excluding hydrogens is 212 g/mol. The standard InChI is InChI=1S/C14H16N2O/c17-14(5-6-14)9-10-3-4-11-12(8-10)16-7-1-2-13(16)15-11/h3-4,8,17H,1-2,5-7,9H2. The highest BCUT2D eigenvalue weighted by atomic mass is 16.3. The van der Waals surface area contributed by atoms with E-state index in [1.165, 1.54) is 23.3 Å². The minimum atomic E-state index is -0.401. The monoisotopic (exact) mass is 228 g/mol. The van der Waals surface area contributed by atoms with E-state index in [0.717, 1.165) is 37.7 Å². The number of rotatable bonds is 2. The van der Waals surface area contributed by atoms with Gasteiger partial charge in [0.05, 0.1) is 16.6 Å². The minimum absolute atomic E-state index is 0.401. The number of aromatic nitrogens is 2. The van der Waals surface area contributed by atoms with E-state index < -0.39 is 5.60 Å². The Morgan fingerprint density at radius 2 is 2.24 bits per heavy atom. The average Bonchev–Trinajstić information content (AvgIpc) is 2.77. The average molecular weight is 228 g/mol. The molecule has 1 N–H and O–H groups in total. The van der Waals surface area contributed by atoms with Crippen LogP contribution in [0.15, 0.2) is 18.2 Å². The van der Waals surface area contributed by atoms with Crippen molar-refractivity contribution >= 4 is 11.0 Å². The first-order chi connectivity index (χ1) is 8.23. The van der Waals surface area contributed by atoms with Gasteiger partial charge in [-0.25, -0.2) is 4.98 Å². The number of hydrogen-bond donors (Lipinski definition) is 1. The largest absolute Gasteiger partial charge is 0.390 e. The Kier molecular flexibility index (Phi) is 1.76. The van der Waals surface area contributed by atoms with Crippen molar-refractivity contribution in [1.82, 2.24) is 9.55 Å². The third-order valence-corrected chi connectivity index (χ3v) is 4.03. The molecule has 1 aliphatic carbocycles. The molecule has 0 bridgehead atoms. The van der Waals surface area contributed by atoms with Crippen molar-refractivity contribution in [2.24, 2.45) is 0 Å². The van der Waals surface area contributed by atoms with Gasteiger partial charge in [0.2, 0.25) is 0 Å². The second-order valence-electron chi connectivity index (χ2n) is 5.51. The first-order valence-electron chi connectivity index (χ1n) is 6.44. The molecule has 2 aliphatic rings. The fourth-order valence-corrected chi connectivity index (χ4v) is 2.86. The van der Waals surface area contributed by atoms with Crippen molar-refractivity contribution < 1.29 is 5.11 Å². The lowest BCUT2D eigenvalue weighted by Crippen LogP contribution is -2.10. The molecule has 2 aromatic rings. The van der Waals surface area contributed by atoms with Crippen LogP contribution in [-0.4, -0.2) is 20.3 Å². The van der Waals surface area contributed by atoms with Crippen molar-refractivity contribution in [3.63, 3.8) is 0 Å². The number of imidazole rings is 1. The van der Waals surface area contributed by atoms with Crippen molar-refractivity contribution in [2.75, 3.05) is 0 Å². The molecule has 3 heteroatoms. The van der Waals surface area contributed by atoms with Gasteiger partial charge in [0, 0.05) is 19.4 Å². The molecule has 1 saturated carbocycles. The Hall–Kier alpha value is -1.35. The van der Waals surface area contributed by atoms with Crippen LogP contribution in [0.1, 0.15) is 30.7 Å².